The van der Waals surface area contributed by atoms with Crippen molar-refractivity contribution in [1.29, 1.82) is 0 Å². The fourth-order valence-corrected chi connectivity index (χ4v) is 8.75. The molecule has 0 aromatic carbocycles. The molecule has 0 radical (unpaired) electrons. The van der Waals surface area contributed by atoms with E-state index in [0.717, 1.165) is 44.1 Å². The van der Waals surface area contributed by atoms with Crippen molar-refractivity contribution in [3.8, 4) is 0 Å². The SMILES string of the molecule is CC1C(SOOO)CC2CC(S(=O)(=O)O)C(N=NC3CCC(N=NC4CCC(N)CC4N)CC3)C(O)C2C1N. The number of hydrogen-bond donors (Lipinski definition) is 6. The van der Waals surface area contributed by atoms with Crippen LogP contribution in [0, 0.1) is 17.8 Å². The lowest BCUT2D eigenvalue weighted by Crippen LogP contribution is -2.62. The summed E-state index contributed by atoms with van der Waals surface area (Å²) in [5.74, 6) is -0.839. The number of aliphatic hydroxyl groups is 1. The molecule has 0 heterocycles. The Hall–Kier alpha value is -0.820. The molecule has 11 unspecified atom stereocenters. The molecule has 0 bridgehead atoms. The molecular weight excluding hydrogens is 550 g/mol. The van der Waals surface area contributed by atoms with Crippen molar-refractivity contribution in [3.05, 3.63) is 0 Å². The predicted octanol–water partition coefficient (Wildman–Crippen LogP) is 1.84. The summed E-state index contributed by atoms with van der Waals surface area (Å²) in [5, 5.41) is 39.9. The third kappa shape index (κ3) is 7.53. The van der Waals surface area contributed by atoms with Gasteiger partial charge in [0.05, 0.1) is 24.2 Å². The Balaban J connectivity index is 1.38. The number of hydrogen-bond acceptors (Lipinski definition) is 14. The van der Waals surface area contributed by atoms with Crippen LogP contribution in [0.5, 0.6) is 0 Å². The Morgan fingerprint density at radius 1 is 0.897 bits per heavy atom. The number of rotatable bonds is 8. The van der Waals surface area contributed by atoms with Crippen LogP contribution in [-0.4, -0.2) is 82.2 Å². The van der Waals surface area contributed by atoms with E-state index in [4.69, 9.17) is 22.5 Å². The average molecular weight is 594 g/mol. The van der Waals surface area contributed by atoms with Gasteiger partial charge < -0.3 is 22.3 Å². The van der Waals surface area contributed by atoms with E-state index in [1.807, 2.05) is 6.92 Å². The monoisotopic (exact) mass is 593 g/mol. The maximum absolute atomic E-state index is 12.3. The van der Waals surface area contributed by atoms with Gasteiger partial charge in [0.15, 0.2) is 0 Å². The maximum Gasteiger partial charge on any atom is 0.270 e. The van der Waals surface area contributed by atoms with Gasteiger partial charge in [-0.3, -0.25) is 4.55 Å². The number of nitrogens with two attached hydrogens (primary N) is 3. The van der Waals surface area contributed by atoms with E-state index < -0.39 is 39.5 Å². The van der Waals surface area contributed by atoms with E-state index in [-0.39, 0.29) is 53.7 Å². The van der Waals surface area contributed by atoms with Gasteiger partial charge in [-0.25, -0.2) is 5.26 Å². The van der Waals surface area contributed by atoms with E-state index in [0.29, 0.717) is 19.3 Å². The van der Waals surface area contributed by atoms with Crippen molar-refractivity contribution >= 4 is 22.2 Å². The zero-order valence-corrected chi connectivity index (χ0v) is 23.8. The van der Waals surface area contributed by atoms with Crippen LogP contribution in [0.15, 0.2) is 20.5 Å². The van der Waals surface area contributed by atoms with E-state index in [2.05, 4.69) is 29.8 Å². The second kappa shape index (κ2) is 13.4. The van der Waals surface area contributed by atoms with E-state index >= 15 is 0 Å². The third-order valence-electron chi connectivity index (χ3n) is 9.26. The minimum atomic E-state index is -4.51. The zero-order chi connectivity index (χ0) is 28.3. The summed E-state index contributed by atoms with van der Waals surface area (Å²) in [6.07, 6.45) is 4.85. The highest BCUT2D eigenvalue weighted by molar-refractivity contribution is 7.95. The average Bonchev–Trinajstić information content (AvgIpc) is 2.88. The fraction of sp³-hybridized carbons (Fsp3) is 1.00. The van der Waals surface area contributed by atoms with Crippen LogP contribution < -0.4 is 17.2 Å². The normalized spacial score (nSPS) is 46.0. The summed E-state index contributed by atoms with van der Waals surface area (Å²) in [7, 11) is -4.51. The molecule has 39 heavy (non-hydrogen) atoms. The standard InChI is InChI=1S/C23H43N7O7S2/c1-11-18(38-37-36-32)8-12-9-19(39(33,34)35)22(23(31)20(12)21(11)26)30-28-15-5-3-14(4-6-15)27-29-17-7-2-13(24)10-16(17)25/h11-23,31-32H,2-10,24-26H2,1H3,(H,33,34,35). The first-order valence-corrected chi connectivity index (χ1v) is 16.1. The highest BCUT2D eigenvalue weighted by Gasteiger charge is 2.55. The van der Waals surface area contributed by atoms with Crippen LogP contribution in [0.25, 0.3) is 0 Å². The molecule has 0 aliphatic heterocycles. The first-order valence-electron chi connectivity index (χ1n) is 13.8. The molecule has 0 aromatic heterocycles. The molecule has 4 rings (SSSR count). The molecule has 0 aromatic rings. The Bertz CT molecular complexity index is 968. The van der Waals surface area contributed by atoms with Gasteiger partial charge in [-0.15, -0.1) is 4.33 Å². The van der Waals surface area contributed by atoms with Crippen molar-refractivity contribution in [1.82, 2.24) is 0 Å². The maximum atomic E-state index is 12.3. The van der Waals surface area contributed by atoms with Gasteiger partial charge in [-0.05, 0) is 69.6 Å². The van der Waals surface area contributed by atoms with Crippen LogP contribution in [0.3, 0.4) is 0 Å². The summed E-state index contributed by atoms with van der Waals surface area (Å²) in [6.45, 7) is 1.91. The fourth-order valence-electron chi connectivity index (χ4n) is 6.87. The Labute approximate surface area is 233 Å². The lowest BCUT2D eigenvalue weighted by molar-refractivity contribution is -0.432. The molecule has 4 saturated carbocycles. The zero-order valence-electron chi connectivity index (χ0n) is 22.2. The Morgan fingerprint density at radius 2 is 1.54 bits per heavy atom. The first-order chi connectivity index (χ1) is 18.5. The lowest BCUT2D eigenvalue weighted by atomic mass is 9.62. The molecule has 4 fully saturated rings. The van der Waals surface area contributed by atoms with Gasteiger partial charge in [0, 0.05) is 41.3 Å². The van der Waals surface area contributed by atoms with Crippen LogP contribution in [0.1, 0.15) is 64.7 Å². The molecule has 9 N–H and O–H groups in total. The van der Waals surface area contributed by atoms with Crippen molar-refractivity contribution in [2.45, 2.75) is 124 Å². The highest BCUT2D eigenvalue weighted by atomic mass is 32.2. The molecule has 0 spiro atoms. The molecule has 14 nitrogen and oxygen atoms in total. The summed E-state index contributed by atoms with van der Waals surface area (Å²) < 4.78 is 39.3. The smallest absolute Gasteiger partial charge is 0.270 e. The van der Waals surface area contributed by atoms with Gasteiger partial charge in [-0.2, -0.15) is 28.9 Å². The molecule has 0 amide bonds. The summed E-state index contributed by atoms with van der Waals surface area (Å²) in [6, 6.07) is -1.56. The molecule has 4 aliphatic carbocycles. The van der Waals surface area contributed by atoms with Gasteiger partial charge in [-0.1, -0.05) is 12.0 Å². The molecule has 11 atom stereocenters. The molecule has 0 saturated heterocycles. The number of fused-ring (bicyclic) bond motifs is 1. The van der Waals surface area contributed by atoms with E-state index in [1.54, 1.807) is 0 Å². The minimum Gasteiger partial charge on any atom is -0.390 e. The molecule has 4 aliphatic rings. The van der Waals surface area contributed by atoms with Crippen LogP contribution in [0.4, 0.5) is 0 Å². The predicted molar refractivity (Wildman–Crippen MR) is 144 cm³/mol. The number of aliphatic hydroxyl groups excluding tert-OH is 1. The van der Waals surface area contributed by atoms with Crippen molar-refractivity contribution < 1.29 is 32.7 Å². The van der Waals surface area contributed by atoms with E-state index in [9.17, 15) is 18.1 Å². The van der Waals surface area contributed by atoms with Crippen LogP contribution in [-0.2, 0) is 19.5 Å². The number of nitrogens with zero attached hydrogens (tertiary/aromatic N) is 4. The highest BCUT2D eigenvalue weighted by Crippen LogP contribution is 2.48. The van der Waals surface area contributed by atoms with Gasteiger partial charge in [0.2, 0.25) is 0 Å². The Kier molecular flexibility index (Phi) is 10.7. The van der Waals surface area contributed by atoms with Crippen molar-refractivity contribution in [2.24, 2.45) is 55.4 Å². The quantitative estimate of drug-likeness (QED) is 0.0779. The van der Waals surface area contributed by atoms with Crippen LogP contribution in [0.2, 0.25) is 0 Å². The molecule has 224 valence electrons. The molecular formula is C23H43N7O7S2. The van der Waals surface area contributed by atoms with Crippen molar-refractivity contribution in [2.75, 3.05) is 0 Å². The second-order valence-corrected chi connectivity index (χ2v) is 14.4. The minimum absolute atomic E-state index is 0.00878. The Morgan fingerprint density at radius 3 is 2.13 bits per heavy atom. The summed E-state index contributed by atoms with van der Waals surface area (Å²) >= 11 is 0.903. The first kappa shape index (κ1) is 31.1. The van der Waals surface area contributed by atoms with E-state index in [1.165, 1.54) is 0 Å². The van der Waals surface area contributed by atoms with Crippen molar-refractivity contribution in [3.63, 3.8) is 0 Å². The number of azo groups is 2. The molecule has 16 heteroatoms. The summed E-state index contributed by atoms with van der Waals surface area (Å²) in [5.41, 5.74) is 18.7. The van der Waals surface area contributed by atoms with Gasteiger partial charge >= 0.3 is 0 Å². The van der Waals surface area contributed by atoms with Gasteiger partial charge in [0.25, 0.3) is 10.1 Å². The summed E-state index contributed by atoms with van der Waals surface area (Å²) in [4.78, 5) is 0. The second-order valence-electron chi connectivity index (χ2n) is 11.8. The van der Waals surface area contributed by atoms with Gasteiger partial charge in [0.1, 0.15) is 11.3 Å². The largest absolute Gasteiger partial charge is 0.390 e. The lowest BCUT2D eigenvalue weighted by Gasteiger charge is -2.51. The van der Waals surface area contributed by atoms with Crippen LogP contribution >= 0.6 is 12.0 Å². The third-order valence-corrected chi connectivity index (χ3v) is 11.5. The topological polar surface area (TPSA) is 241 Å².